The molecule has 0 aliphatic carbocycles. The van der Waals surface area contributed by atoms with Crippen molar-refractivity contribution in [2.75, 3.05) is 0 Å². The Balaban J connectivity index is 2.66. The van der Waals surface area contributed by atoms with Crippen LogP contribution in [-0.2, 0) is 6.61 Å². The maximum absolute atomic E-state index is 9.25. The first kappa shape index (κ1) is 12.7. The summed E-state index contributed by atoms with van der Waals surface area (Å²) in [6, 6.07) is 6.82. The van der Waals surface area contributed by atoms with Gasteiger partial charge in [-0.25, -0.2) is 0 Å². The highest BCUT2D eigenvalue weighted by Gasteiger charge is 2.11. The molecule has 0 aliphatic rings. The van der Waals surface area contributed by atoms with E-state index in [1.165, 1.54) is 6.20 Å². The number of halogens is 3. The van der Waals surface area contributed by atoms with Gasteiger partial charge in [0.15, 0.2) is 0 Å². The van der Waals surface area contributed by atoms with Crippen LogP contribution in [0.2, 0.25) is 15.1 Å². The topological polar surface area (TPSA) is 33.1 Å². The lowest BCUT2D eigenvalue weighted by molar-refractivity contribution is 0.277. The van der Waals surface area contributed by atoms with Crippen LogP contribution in [0.15, 0.2) is 30.5 Å². The molecule has 0 spiro atoms. The first-order valence-corrected chi connectivity index (χ1v) is 5.96. The average molecular weight is 289 g/mol. The number of hydrogen-bond donors (Lipinski definition) is 1. The van der Waals surface area contributed by atoms with E-state index < -0.39 is 0 Å². The molecule has 2 nitrogen and oxygen atoms in total. The fourth-order valence-corrected chi connectivity index (χ4v) is 2.08. The highest BCUT2D eigenvalue weighted by molar-refractivity contribution is 6.35. The molecule has 0 bridgehead atoms. The van der Waals surface area contributed by atoms with Crippen LogP contribution in [0.1, 0.15) is 5.69 Å². The second kappa shape index (κ2) is 5.23. The number of benzene rings is 1. The number of hydrogen-bond acceptors (Lipinski definition) is 2. The van der Waals surface area contributed by atoms with Gasteiger partial charge in [0.25, 0.3) is 0 Å². The molecule has 0 radical (unpaired) electrons. The van der Waals surface area contributed by atoms with Crippen LogP contribution in [-0.4, -0.2) is 10.1 Å². The van der Waals surface area contributed by atoms with Crippen molar-refractivity contribution in [1.82, 2.24) is 4.98 Å². The molecule has 0 amide bonds. The molecular weight excluding hydrogens is 280 g/mol. The summed E-state index contributed by atoms with van der Waals surface area (Å²) in [4.78, 5) is 4.06. The van der Waals surface area contributed by atoms with Gasteiger partial charge in [-0.05, 0) is 24.3 Å². The molecule has 0 atom stereocenters. The van der Waals surface area contributed by atoms with Crippen molar-refractivity contribution in [3.8, 4) is 11.1 Å². The molecule has 1 aromatic carbocycles. The van der Waals surface area contributed by atoms with E-state index in [-0.39, 0.29) is 6.61 Å². The second-order valence-corrected chi connectivity index (χ2v) is 4.71. The average Bonchev–Trinajstić information content (AvgIpc) is 2.32. The quantitative estimate of drug-likeness (QED) is 0.898. The number of nitrogens with zero attached hydrogens (tertiary/aromatic N) is 1. The maximum Gasteiger partial charge on any atom is 0.0859 e. The highest BCUT2D eigenvalue weighted by atomic mass is 35.5. The van der Waals surface area contributed by atoms with Crippen LogP contribution >= 0.6 is 34.8 Å². The number of aliphatic hydroxyl groups excluding tert-OH is 1. The zero-order valence-corrected chi connectivity index (χ0v) is 10.9. The third-order valence-corrected chi connectivity index (χ3v) is 3.08. The van der Waals surface area contributed by atoms with Crippen LogP contribution < -0.4 is 0 Å². The van der Waals surface area contributed by atoms with Gasteiger partial charge in [-0.1, -0.05) is 34.8 Å². The summed E-state index contributed by atoms with van der Waals surface area (Å²) in [7, 11) is 0. The summed E-state index contributed by atoms with van der Waals surface area (Å²) in [5.41, 5.74) is 1.91. The van der Waals surface area contributed by atoms with Crippen molar-refractivity contribution in [2.24, 2.45) is 0 Å². The van der Waals surface area contributed by atoms with E-state index in [4.69, 9.17) is 34.8 Å². The van der Waals surface area contributed by atoms with Crippen LogP contribution in [0.4, 0.5) is 0 Å². The van der Waals surface area contributed by atoms with Crippen molar-refractivity contribution >= 4 is 34.8 Å². The molecule has 17 heavy (non-hydrogen) atoms. The largest absolute Gasteiger partial charge is 0.390 e. The van der Waals surface area contributed by atoms with Gasteiger partial charge >= 0.3 is 0 Å². The van der Waals surface area contributed by atoms with Gasteiger partial charge in [-0.15, -0.1) is 0 Å². The standard InChI is InChI=1S/C12H8Cl3NO/c13-7-1-2-11(15)9(3-7)10-4-8(14)5-16-12(10)6-17/h1-5,17H,6H2. The third-order valence-electron chi connectivity index (χ3n) is 2.31. The number of rotatable bonds is 2. The van der Waals surface area contributed by atoms with Crippen LogP contribution in [0.3, 0.4) is 0 Å². The van der Waals surface area contributed by atoms with Crippen molar-refractivity contribution in [3.63, 3.8) is 0 Å². The number of pyridine rings is 1. The van der Waals surface area contributed by atoms with Crippen molar-refractivity contribution < 1.29 is 5.11 Å². The summed E-state index contributed by atoms with van der Waals surface area (Å²) in [6.45, 7) is -0.185. The molecule has 1 aromatic heterocycles. The van der Waals surface area contributed by atoms with E-state index in [1.54, 1.807) is 24.3 Å². The minimum Gasteiger partial charge on any atom is -0.390 e. The van der Waals surface area contributed by atoms with Crippen molar-refractivity contribution in [2.45, 2.75) is 6.61 Å². The first-order chi connectivity index (χ1) is 8.11. The monoisotopic (exact) mass is 287 g/mol. The SMILES string of the molecule is OCc1ncc(Cl)cc1-c1cc(Cl)ccc1Cl. The van der Waals surface area contributed by atoms with Crippen molar-refractivity contribution in [3.05, 3.63) is 51.2 Å². The molecule has 1 N–H and O–H groups in total. The van der Waals surface area contributed by atoms with Crippen LogP contribution in [0, 0.1) is 0 Å². The molecule has 0 fully saturated rings. The Labute approximate surface area is 114 Å². The Morgan fingerprint density at radius 1 is 1.00 bits per heavy atom. The molecule has 2 rings (SSSR count). The summed E-state index contributed by atoms with van der Waals surface area (Å²) in [5, 5.41) is 10.8. The smallest absolute Gasteiger partial charge is 0.0859 e. The first-order valence-electron chi connectivity index (χ1n) is 4.82. The molecule has 88 valence electrons. The fraction of sp³-hybridized carbons (Fsp3) is 0.0833. The summed E-state index contributed by atoms with van der Waals surface area (Å²) < 4.78 is 0. The Bertz CT molecular complexity index is 557. The Morgan fingerprint density at radius 3 is 2.41 bits per heavy atom. The van der Waals surface area contributed by atoms with E-state index in [0.717, 1.165) is 0 Å². The van der Waals surface area contributed by atoms with Gasteiger partial charge in [0.2, 0.25) is 0 Å². The molecule has 2 aromatic rings. The minimum atomic E-state index is -0.185. The molecule has 0 saturated carbocycles. The predicted molar refractivity (Wildman–Crippen MR) is 70.6 cm³/mol. The van der Waals surface area contributed by atoms with E-state index in [0.29, 0.717) is 31.9 Å². The van der Waals surface area contributed by atoms with Gasteiger partial charge in [0.05, 0.1) is 17.3 Å². The lowest BCUT2D eigenvalue weighted by Gasteiger charge is -2.09. The summed E-state index contributed by atoms with van der Waals surface area (Å²) in [5.74, 6) is 0. The summed E-state index contributed by atoms with van der Waals surface area (Å²) >= 11 is 17.9. The van der Waals surface area contributed by atoms with Crippen LogP contribution in [0.5, 0.6) is 0 Å². The van der Waals surface area contributed by atoms with E-state index in [1.807, 2.05) is 0 Å². The van der Waals surface area contributed by atoms with Gasteiger partial charge < -0.3 is 5.11 Å². The highest BCUT2D eigenvalue weighted by Crippen LogP contribution is 2.33. The minimum absolute atomic E-state index is 0.185. The molecular formula is C12H8Cl3NO. The second-order valence-electron chi connectivity index (χ2n) is 3.43. The zero-order valence-electron chi connectivity index (χ0n) is 8.62. The van der Waals surface area contributed by atoms with Crippen molar-refractivity contribution in [1.29, 1.82) is 0 Å². The fourth-order valence-electron chi connectivity index (χ4n) is 1.53. The molecule has 0 aliphatic heterocycles. The molecule has 0 saturated heterocycles. The normalized spacial score (nSPS) is 10.6. The molecule has 1 heterocycles. The van der Waals surface area contributed by atoms with Crippen LogP contribution in [0.25, 0.3) is 11.1 Å². The molecule has 5 heteroatoms. The van der Waals surface area contributed by atoms with Gasteiger partial charge in [0, 0.05) is 27.4 Å². The third kappa shape index (κ3) is 2.72. The van der Waals surface area contributed by atoms with Gasteiger partial charge in [-0.2, -0.15) is 0 Å². The van der Waals surface area contributed by atoms with E-state index >= 15 is 0 Å². The number of aliphatic hydroxyl groups is 1. The zero-order chi connectivity index (χ0) is 12.4. The van der Waals surface area contributed by atoms with E-state index in [2.05, 4.69) is 4.98 Å². The molecule has 0 unspecified atom stereocenters. The lowest BCUT2D eigenvalue weighted by atomic mass is 10.0. The Morgan fingerprint density at radius 2 is 1.71 bits per heavy atom. The Kier molecular flexibility index (Phi) is 3.89. The van der Waals surface area contributed by atoms with E-state index in [9.17, 15) is 5.11 Å². The lowest BCUT2D eigenvalue weighted by Crippen LogP contribution is -1.94. The number of aromatic nitrogens is 1. The maximum atomic E-state index is 9.25. The van der Waals surface area contributed by atoms with Gasteiger partial charge in [-0.3, -0.25) is 4.98 Å². The Hall–Kier alpha value is -0.800. The van der Waals surface area contributed by atoms with Gasteiger partial charge in [0.1, 0.15) is 0 Å². The summed E-state index contributed by atoms with van der Waals surface area (Å²) in [6.07, 6.45) is 1.48. The predicted octanol–water partition coefficient (Wildman–Crippen LogP) is 4.20.